The molecule has 0 aliphatic carbocycles. The molecule has 0 heterocycles. The van der Waals surface area contributed by atoms with Gasteiger partial charge in [-0.15, -0.1) is 0 Å². The lowest BCUT2D eigenvalue weighted by molar-refractivity contribution is -0.0657. The van der Waals surface area contributed by atoms with E-state index in [1.165, 1.54) is 0 Å². The second kappa shape index (κ2) is 2.93. The lowest BCUT2D eigenvalue weighted by Gasteiger charge is -2.04. The van der Waals surface area contributed by atoms with E-state index in [1.807, 2.05) is 0 Å². The summed E-state index contributed by atoms with van der Waals surface area (Å²) in [4.78, 5) is 0. The van der Waals surface area contributed by atoms with Gasteiger partial charge in [-0.1, -0.05) is 6.92 Å². The first kappa shape index (κ1) is 6.85. The monoisotopic (exact) mass is 108 g/mol. The van der Waals surface area contributed by atoms with Crippen LogP contribution in [0.1, 0.15) is 13.3 Å². The van der Waals surface area contributed by atoms with Crippen LogP contribution in [-0.4, -0.2) is 22.7 Å². The van der Waals surface area contributed by atoms with E-state index in [0.29, 0.717) is 0 Å². The predicted octanol–water partition coefficient (Wildman–Crippen LogP) is 0.0452. The van der Waals surface area contributed by atoms with Crippen LogP contribution in [0.15, 0.2) is 0 Å². The van der Waals surface area contributed by atoms with Gasteiger partial charge in [0.25, 0.3) is 0 Å². The molecule has 0 saturated carbocycles. The molecule has 0 fully saturated rings. The van der Waals surface area contributed by atoms with Gasteiger partial charge in [0.05, 0.1) is 0 Å². The van der Waals surface area contributed by atoms with Crippen molar-refractivity contribution in [1.29, 1.82) is 0 Å². The van der Waals surface area contributed by atoms with Crippen LogP contribution < -0.4 is 0 Å². The van der Waals surface area contributed by atoms with Gasteiger partial charge in [0, 0.05) is 0 Å². The average molecular weight is 108 g/mol. The summed E-state index contributed by atoms with van der Waals surface area (Å²) in [5.41, 5.74) is 0. The molecule has 0 aliphatic rings. The summed E-state index contributed by atoms with van der Waals surface area (Å²) >= 11 is 0. The molecule has 0 saturated heterocycles. The van der Waals surface area contributed by atoms with Gasteiger partial charge in [0.1, 0.15) is 6.10 Å². The maximum atomic E-state index is 11.4. The fourth-order valence-electron chi connectivity index (χ4n) is 0.194. The van der Waals surface area contributed by atoms with Gasteiger partial charge in [-0.3, -0.25) is 0 Å². The minimum Gasteiger partial charge on any atom is -0.388 e. The standard InChI is InChI=1S/C4H9FO2/c1-2-3(6)4(5)7/h3-4,6-7H,2H2,1H3. The molecule has 0 rings (SSSR count). The van der Waals surface area contributed by atoms with Gasteiger partial charge >= 0.3 is 0 Å². The maximum absolute atomic E-state index is 11.4. The highest BCUT2D eigenvalue weighted by atomic mass is 19.1. The van der Waals surface area contributed by atoms with Gasteiger partial charge in [-0.2, -0.15) is 0 Å². The van der Waals surface area contributed by atoms with E-state index in [-0.39, 0.29) is 6.42 Å². The van der Waals surface area contributed by atoms with Crippen LogP contribution in [0, 0.1) is 0 Å². The quantitative estimate of drug-likeness (QED) is 0.524. The van der Waals surface area contributed by atoms with Crippen molar-refractivity contribution in [2.24, 2.45) is 0 Å². The average Bonchev–Trinajstić information content (AvgIpc) is 1.65. The van der Waals surface area contributed by atoms with E-state index in [0.717, 1.165) is 0 Å². The number of aliphatic hydroxyl groups is 2. The number of halogens is 1. The normalized spacial score (nSPS) is 18.9. The summed E-state index contributed by atoms with van der Waals surface area (Å²) in [5, 5.41) is 16.2. The van der Waals surface area contributed by atoms with Gasteiger partial charge in [0.15, 0.2) is 0 Å². The molecule has 0 spiro atoms. The summed E-state index contributed by atoms with van der Waals surface area (Å²) in [5.74, 6) is 0. The van der Waals surface area contributed by atoms with Gasteiger partial charge in [-0.05, 0) is 6.42 Å². The predicted molar refractivity (Wildman–Crippen MR) is 23.4 cm³/mol. The Balaban J connectivity index is 3.14. The van der Waals surface area contributed by atoms with Crippen LogP contribution in [0.3, 0.4) is 0 Å². The van der Waals surface area contributed by atoms with Crippen molar-refractivity contribution >= 4 is 0 Å². The van der Waals surface area contributed by atoms with Crippen LogP contribution >= 0.6 is 0 Å². The second-order valence-corrected chi connectivity index (χ2v) is 1.35. The van der Waals surface area contributed by atoms with Crippen molar-refractivity contribution in [2.45, 2.75) is 25.8 Å². The topological polar surface area (TPSA) is 40.5 Å². The third-order valence-electron chi connectivity index (χ3n) is 0.736. The van der Waals surface area contributed by atoms with E-state index in [9.17, 15) is 4.39 Å². The van der Waals surface area contributed by atoms with Crippen molar-refractivity contribution in [3.05, 3.63) is 0 Å². The Morgan fingerprint density at radius 2 is 2.00 bits per heavy atom. The number of hydrogen-bond donors (Lipinski definition) is 2. The Hall–Kier alpha value is -0.150. The molecule has 7 heavy (non-hydrogen) atoms. The molecule has 0 amide bonds. The molecule has 0 bridgehead atoms. The van der Waals surface area contributed by atoms with E-state index in [4.69, 9.17) is 10.2 Å². The summed E-state index contributed by atoms with van der Waals surface area (Å²) in [6.45, 7) is 1.59. The van der Waals surface area contributed by atoms with E-state index < -0.39 is 12.5 Å². The molecular weight excluding hydrogens is 99.0 g/mol. The van der Waals surface area contributed by atoms with Crippen molar-refractivity contribution in [2.75, 3.05) is 0 Å². The molecule has 0 radical (unpaired) electrons. The highest BCUT2D eigenvalue weighted by Gasteiger charge is 2.09. The molecule has 0 aromatic carbocycles. The van der Waals surface area contributed by atoms with Gasteiger partial charge in [0.2, 0.25) is 6.36 Å². The molecule has 2 atom stereocenters. The summed E-state index contributed by atoms with van der Waals surface area (Å²) in [7, 11) is 0. The van der Waals surface area contributed by atoms with E-state index in [2.05, 4.69) is 0 Å². The summed E-state index contributed by atoms with van der Waals surface area (Å²) < 4.78 is 11.4. The van der Waals surface area contributed by atoms with Crippen LogP contribution in [0.4, 0.5) is 4.39 Å². The van der Waals surface area contributed by atoms with Crippen molar-refractivity contribution < 1.29 is 14.6 Å². The van der Waals surface area contributed by atoms with Gasteiger partial charge < -0.3 is 10.2 Å². The maximum Gasteiger partial charge on any atom is 0.222 e. The molecule has 2 unspecified atom stereocenters. The minimum atomic E-state index is -2.08. The first-order chi connectivity index (χ1) is 3.18. The molecule has 0 aliphatic heterocycles. The number of aliphatic hydroxyl groups excluding tert-OH is 2. The molecule has 2 N–H and O–H groups in total. The summed E-state index contributed by atoms with van der Waals surface area (Å²) in [6, 6.07) is 0. The lowest BCUT2D eigenvalue weighted by Crippen LogP contribution is -2.19. The lowest BCUT2D eigenvalue weighted by atomic mass is 10.3. The Morgan fingerprint density at radius 1 is 1.57 bits per heavy atom. The van der Waals surface area contributed by atoms with E-state index >= 15 is 0 Å². The first-order valence-corrected chi connectivity index (χ1v) is 2.18. The zero-order valence-corrected chi connectivity index (χ0v) is 4.13. The molecule has 44 valence electrons. The summed E-state index contributed by atoms with van der Waals surface area (Å²) in [6.07, 6.45) is -3.04. The zero-order chi connectivity index (χ0) is 5.86. The third-order valence-corrected chi connectivity index (χ3v) is 0.736. The number of rotatable bonds is 2. The van der Waals surface area contributed by atoms with Crippen LogP contribution in [0.25, 0.3) is 0 Å². The van der Waals surface area contributed by atoms with Gasteiger partial charge in [-0.25, -0.2) is 4.39 Å². The van der Waals surface area contributed by atoms with Crippen LogP contribution in [0.2, 0.25) is 0 Å². The fraction of sp³-hybridized carbons (Fsp3) is 1.00. The van der Waals surface area contributed by atoms with Crippen LogP contribution in [-0.2, 0) is 0 Å². The van der Waals surface area contributed by atoms with Crippen LogP contribution in [0.5, 0.6) is 0 Å². The molecule has 2 nitrogen and oxygen atoms in total. The van der Waals surface area contributed by atoms with Crippen molar-refractivity contribution in [3.8, 4) is 0 Å². The fourth-order valence-corrected chi connectivity index (χ4v) is 0.194. The molecular formula is C4H9FO2. The number of hydrogen-bond acceptors (Lipinski definition) is 2. The largest absolute Gasteiger partial charge is 0.388 e. The zero-order valence-electron chi connectivity index (χ0n) is 4.13. The van der Waals surface area contributed by atoms with Crippen molar-refractivity contribution in [1.82, 2.24) is 0 Å². The number of alkyl halides is 1. The Labute approximate surface area is 41.6 Å². The first-order valence-electron chi connectivity index (χ1n) is 2.18. The smallest absolute Gasteiger partial charge is 0.222 e. The minimum absolute atomic E-state index is 0.248. The highest BCUT2D eigenvalue weighted by Crippen LogP contribution is 1.96. The molecule has 0 aromatic rings. The Bertz CT molecular complexity index is 47.0. The Morgan fingerprint density at radius 3 is 2.00 bits per heavy atom. The third kappa shape index (κ3) is 2.53. The SMILES string of the molecule is CCC(O)C(O)F. The second-order valence-electron chi connectivity index (χ2n) is 1.35. The van der Waals surface area contributed by atoms with E-state index in [1.54, 1.807) is 6.92 Å². The Kier molecular flexibility index (Phi) is 2.87. The van der Waals surface area contributed by atoms with Crippen molar-refractivity contribution in [3.63, 3.8) is 0 Å². The molecule has 0 aromatic heterocycles. The highest BCUT2D eigenvalue weighted by molar-refractivity contribution is 4.50. The molecule has 3 heteroatoms.